The van der Waals surface area contributed by atoms with Crippen LogP contribution in [0.25, 0.3) is 0 Å². The first-order chi connectivity index (χ1) is 7.74. The number of hydrogen-bond acceptors (Lipinski definition) is 3. The van der Waals surface area contributed by atoms with Crippen LogP contribution in [0.4, 0.5) is 0 Å². The summed E-state index contributed by atoms with van der Waals surface area (Å²) in [7, 11) is 0. The van der Waals surface area contributed by atoms with Gasteiger partial charge in [0.25, 0.3) is 0 Å². The fraction of sp³-hybridized carbons (Fsp3) is 0.636. The predicted octanol–water partition coefficient (Wildman–Crippen LogP) is 0.814. The summed E-state index contributed by atoms with van der Waals surface area (Å²) in [5.41, 5.74) is 0. The summed E-state index contributed by atoms with van der Waals surface area (Å²) in [5.74, 6) is -0.0534. The van der Waals surface area contributed by atoms with Crippen LogP contribution in [0, 0.1) is 0 Å². The first-order valence-corrected chi connectivity index (χ1v) is 5.60. The normalized spacial score (nSPS) is 12.4. The van der Waals surface area contributed by atoms with Crippen LogP contribution in [-0.2, 0) is 16.1 Å². The van der Waals surface area contributed by atoms with Gasteiger partial charge in [-0.25, -0.2) is 0 Å². The number of carbonyl (C=O) groups excluding carboxylic acids is 1. The zero-order valence-corrected chi connectivity index (χ0v) is 9.85. The molecule has 1 atom stereocenters. The molecule has 0 fully saturated rings. The minimum Gasteiger partial charge on any atom is -0.369 e. The molecule has 16 heavy (non-hydrogen) atoms. The topological polar surface area (TPSA) is 56.1 Å². The number of rotatable bonds is 7. The third-order valence-electron chi connectivity index (χ3n) is 2.21. The maximum Gasteiger partial charge on any atom is 0.248 e. The van der Waals surface area contributed by atoms with E-state index in [4.69, 9.17) is 4.74 Å². The van der Waals surface area contributed by atoms with Crippen LogP contribution in [0.3, 0.4) is 0 Å². The molecular weight excluding hydrogens is 206 g/mol. The van der Waals surface area contributed by atoms with E-state index in [9.17, 15) is 4.79 Å². The van der Waals surface area contributed by atoms with Crippen LogP contribution < -0.4 is 5.32 Å². The van der Waals surface area contributed by atoms with Gasteiger partial charge < -0.3 is 10.1 Å². The molecule has 0 aliphatic heterocycles. The second-order valence-electron chi connectivity index (χ2n) is 3.51. The van der Waals surface area contributed by atoms with Crippen molar-refractivity contribution in [2.45, 2.75) is 32.9 Å². The van der Waals surface area contributed by atoms with E-state index in [0.29, 0.717) is 13.2 Å². The van der Waals surface area contributed by atoms with Gasteiger partial charge in [-0.15, -0.1) is 0 Å². The number of nitrogens with zero attached hydrogens (tertiary/aromatic N) is 2. The minimum absolute atomic E-state index is 0.0534. The number of ether oxygens (including phenoxy) is 1. The summed E-state index contributed by atoms with van der Waals surface area (Å²) >= 11 is 0. The Balaban J connectivity index is 2.08. The molecule has 1 N–H and O–H groups in total. The van der Waals surface area contributed by atoms with Gasteiger partial charge in [-0.05, 0) is 26.3 Å². The van der Waals surface area contributed by atoms with Crippen molar-refractivity contribution in [3.8, 4) is 0 Å². The summed E-state index contributed by atoms with van der Waals surface area (Å²) in [5, 5.41) is 6.90. The number of aromatic nitrogens is 2. The monoisotopic (exact) mass is 225 g/mol. The molecule has 1 aromatic heterocycles. The SMILES string of the molecule is CCO[C@H](C)C(=O)NCCCn1cccn1. The number of hydrogen-bond donors (Lipinski definition) is 1. The Hall–Kier alpha value is -1.36. The number of nitrogens with one attached hydrogen (secondary N) is 1. The molecule has 0 aliphatic rings. The minimum atomic E-state index is -0.366. The smallest absolute Gasteiger partial charge is 0.248 e. The molecular formula is C11H19N3O2. The zero-order chi connectivity index (χ0) is 11.8. The lowest BCUT2D eigenvalue weighted by atomic mass is 10.3. The maximum atomic E-state index is 11.4. The quantitative estimate of drug-likeness (QED) is 0.699. The molecule has 0 saturated carbocycles. The molecule has 1 rings (SSSR count). The van der Waals surface area contributed by atoms with Crippen molar-refractivity contribution >= 4 is 5.91 Å². The molecule has 0 bridgehead atoms. The van der Waals surface area contributed by atoms with Gasteiger partial charge in [0.05, 0.1) is 0 Å². The van der Waals surface area contributed by atoms with Gasteiger partial charge in [0.2, 0.25) is 5.91 Å². The molecule has 0 aliphatic carbocycles. The molecule has 0 aromatic carbocycles. The molecule has 5 nitrogen and oxygen atoms in total. The molecule has 5 heteroatoms. The summed E-state index contributed by atoms with van der Waals surface area (Å²) in [4.78, 5) is 11.4. The second kappa shape index (κ2) is 7.00. The van der Waals surface area contributed by atoms with Crippen LogP contribution >= 0.6 is 0 Å². The van der Waals surface area contributed by atoms with Gasteiger partial charge in [-0.3, -0.25) is 9.48 Å². The summed E-state index contributed by atoms with van der Waals surface area (Å²) < 4.78 is 7.02. The molecule has 1 aromatic rings. The number of carbonyl (C=O) groups is 1. The number of amides is 1. The van der Waals surface area contributed by atoms with Gasteiger partial charge in [0.1, 0.15) is 6.10 Å². The average molecular weight is 225 g/mol. The lowest BCUT2D eigenvalue weighted by Crippen LogP contribution is -2.35. The molecule has 0 unspecified atom stereocenters. The highest BCUT2D eigenvalue weighted by molar-refractivity contribution is 5.80. The Labute approximate surface area is 95.8 Å². The van der Waals surface area contributed by atoms with Crippen molar-refractivity contribution in [2.24, 2.45) is 0 Å². The highest BCUT2D eigenvalue weighted by Crippen LogP contribution is 1.91. The van der Waals surface area contributed by atoms with Crippen molar-refractivity contribution in [3.63, 3.8) is 0 Å². The van der Waals surface area contributed by atoms with Crippen molar-refractivity contribution in [2.75, 3.05) is 13.2 Å². The summed E-state index contributed by atoms with van der Waals surface area (Å²) in [6, 6.07) is 1.88. The highest BCUT2D eigenvalue weighted by Gasteiger charge is 2.10. The Morgan fingerprint density at radius 3 is 3.06 bits per heavy atom. The predicted molar refractivity (Wildman–Crippen MR) is 60.9 cm³/mol. The lowest BCUT2D eigenvalue weighted by Gasteiger charge is -2.11. The Morgan fingerprint density at radius 2 is 2.44 bits per heavy atom. The zero-order valence-electron chi connectivity index (χ0n) is 9.85. The molecule has 0 spiro atoms. The van der Waals surface area contributed by atoms with Crippen LogP contribution in [0.2, 0.25) is 0 Å². The Bertz CT molecular complexity index is 298. The molecule has 90 valence electrons. The van der Waals surface area contributed by atoms with E-state index in [1.165, 1.54) is 0 Å². The van der Waals surface area contributed by atoms with Crippen molar-refractivity contribution in [1.29, 1.82) is 0 Å². The van der Waals surface area contributed by atoms with E-state index in [1.54, 1.807) is 13.1 Å². The maximum absolute atomic E-state index is 11.4. The summed E-state index contributed by atoms with van der Waals surface area (Å²) in [6.45, 7) is 5.65. The fourth-order valence-corrected chi connectivity index (χ4v) is 1.35. The molecule has 0 radical (unpaired) electrons. The lowest BCUT2D eigenvalue weighted by molar-refractivity contribution is -0.131. The second-order valence-corrected chi connectivity index (χ2v) is 3.51. The Kier molecular flexibility index (Phi) is 5.56. The Morgan fingerprint density at radius 1 is 1.62 bits per heavy atom. The van der Waals surface area contributed by atoms with E-state index in [2.05, 4.69) is 10.4 Å². The average Bonchev–Trinajstić information content (AvgIpc) is 2.77. The largest absolute Gasteiger partial charge is 0.369 e. The molecule has 1 amide bonds. The molecule has 1 heterocycles. The van der Waals surface area contributed by atoms with E-state index >= 15 is 0 Å². The van der Waals surface area contributed by atoms with Crippen LogP contribution in [0.15, 0.2) is 18.5 Å². The highest BCUT2D eigenvalue weighted by atomic mass is 16.5. The third kappa shape index (κ3) is 4.44. The first kappa shape index (κ1) is 12.7. The third-order valence-corrected chi connectivity index (χ3v) is 2.21. The van der Waals surface area contributed by atoms with E-state index < -0.39 is 0 Å². The van der Waals surface area contributed by atoms with Gasteiger partial charge in [-0.1, -0.05) is 0 Å². The fourth-order valence-electron chi connectivity index (χ4n) is 1.35. The van der Waals surface area contributed by atoms with E-state index in [-0.39, 0.29) is 12.0 Å². The van der Waals surface area contributed by atoms with Crippen molar-refractivity contribution in [3.05, 3.63) is 18.5 Å². The summed E-state index contributed by atoms with van der Waals surface area (Å²) in [6.07, 6.45) is 4.15. The van der Waals surface area contributed by atoms with E-state index in [1.807, 2.05) is 23.9 Å². The van der Waals surface area contributed by atoms with Crippen molar-refractivity contribution < 1.29 is 9.53 Å². The van der Waals surface area contributed by atoms with Crippen LogP contribution in [0.1, 0.15) is 20.3 Å². The first-order valence-electron chi connectivity index (χ1n) is 5.60. The molecule has 0 saturated heterocycles. The van der Waals surface area contributed by atoms with Gasteiger partial charge in [-0.2, -0.15) is 5.10 Å². The van der Waals surface area contributed by atoms with Crippen LogP contribution in [-0.4, -0.2) is 34.9 Å². The van der Waals surface area contributed by atoms with Crippen molar-refractivity contribution in [1.82, 2.24) is 15.1 Å². The standard InChI is InChI=1S/C11H19N3O2/c1-3-16-10(2)11(15)12-6-4-8-14-9-5-7-13-14/h5,7,9-10H,3-4,6,8H2,1-2H3,(H,12,15)/t10-/m1/s1. The number of aryl methyl sites for hydroxylation is 1. The van der Waals surface area contributed by atoms with Gasteiger partial charge in [0, 0.05) is 32.1 Å². The van der Waals surface area contributed by atoms with Gasteiger partial charge >= 0.3 is 0 Å². The van der Waals surface area contributed by atoms with Crippen LogP contribution in [0.5, 0.6) is 0 Å². The van der Waals surface area contributed by atoms with Gasteiger partial charge in [0.15, 0.2) is 0 Å². The van der Waals surface area contributed by atoms with E-state index in [0.717, 1.165) is 13.0 Å².